The van der Waals surface area contributed by atoms with E-state index < -0.39 is 17.7 Å². The summed E-state index contributed by atoms with van der Waals surface area (Å²) in [5.41, 5.74) is 0.355. The van der Waals surface area contributed by atoms with E-state index in [1.807, 2.05) is 0 Å². The van der Waals surface area contributed by atoms with Crippen LogP contribution in [0.3, 0.4) is 0 Å². The number of amides is 1. The summed E-state index contributed by atoms with van der Waals surface area (Å²) >= 11 is 1.14. The van der Waals surface area contributed by atoms with Crippen LogP contribution in [0.25, 0.3) is 0 Å². The van der Waals surface area contributed by atoms with Crippen LogP contribution < -0.4 is 10.1 Å². The highest BCUT2D eigenvalue weighted by Crippen LogP contribution is 2.20. The maximum absolute atomic E-state index is 13.8. The van der Waals surface area contributed by atoms with Gasteiger partial charge in [-0.1, -0.05) is 0 Å². The minimum atomic E-state index is -0.691. The second-order valence-electron chi connectivity index (χ2n) is 4.20. The van der Waals surface area contributed by atoms with Gasteiger partial charge in [-0.15, -0.1) is 11.3 Å². The van der Waals surface area contributed by atoms with Gasteiger partial charge in [0.2, 0.25) is 0 Å². The third-order valence-corrected chi connectivity index (χ3v) is 3.55. The maximum atomic E-state index is 13.8. The van der Waals surface area contributed by atoms with Crippen molar-refractivity contribution in [2.24, 2.45) is 0 Å². The molecule has 0 unspecified atom stereocenters. The van der Waals surface area contributed by atoms with Crippen molar-refractivity contribution in [3.8, 4) is 5.75 Å². The number of benzene rings is 1. The minimum Gasteiger partial charge on any atom is -0.497 e. The maximum Gasteiger partial charge on any atom is 0.311 e. The molecule has 0 fully saturated rings. The van der Waals surface area contributed by atoms with Crippen LogP contribution in [0, 0.1) is 5.82 Å². The third-order valence-electron chi connectivity index (χ3n) is 2.75. The lowest BCUT2D eigenvalue weighted by atomic mass is 10.2. The standard InChI is InChI=1S/C14H13FN2O4S/c1-20-9-3-4-10(11(15)6-9)13(19)17-14-16-8(7-22-14)5-12(18)21-2/h3-4,6-7H,5H2,1-2H3,(H,16,17,19). The van der Waals surface area contributed by atoms with Gasteiger partial charge in [-0.05, 0) is 12.1 Å². The molecule has 0 saturated heterocycles. The van der Waals surface area contributed by atoms with Crippen molar-refractivity contribution in [2.75, 3.05) is 19.5 Å². The Morgan fingerprint density at radius 3 is 2.77 bits per heavy atom. The predicted molar refractivity (Wildman–Crippen MR) is 78.7 cm³/mol. The smallest absolute Gasteiger partial charge is 0.311 e. The molecule has 1 N–H and O–H groups in total. The average Bonchev–Trinajstić information content (AvgIpc) is 2.93. The first-order valence-electron chi connectivity index (χ1n) is 6.19. The zero-order valence-corrected chi connectivity index (χ0v) is 12.7. The molecule has 6 nitrogen and oxygen atoms in total. The third kappa shape index (κ3) is 3.79. The number of hydrogen-bond donors (Lipinski definition) is 1. The lowest BCUT2D eigenvalue weighted by molar-refractivity contribution is -0.139. The van der Waals surface area contributed by atoms with Gasteiger partial charge in [-0.2, -0.15) is 0 Å². The molecule has 0 spiro atoms. The molecule has 0 aliphatic heterocycles. The van der Waals surface area contributed by atoms with E-state index in [4.69, 9.17) is 4.74 Å². The molecular formula is C14H13FN2O4S. The zero-order chi connectivity index (χ0) is 16.1. The van der Waals surface area contributed by atoms with Crippen molar-refractivity contribution in [1.82, 2.24) is 4.98 Å². The molecule has 1 aromatic carbocycles. The Kier molecular flexibility index (Phi) is 5.05. The van der Waals surface area contributed by atoms with Gasteiger partial charge in [-0.25, -0.2) is 9.37 Å². The summed E-state index contributed by atoms with van der Waals surface area (Å²) in [7, 11) is 2.69. The van der Waals surface area contributed by atoms with Gasteiger partial charge >= 0.3 is 5.97 Å². The SMILES string of the molecule is COC(=O)Cc1csc(NC(=O)c2ccc(OC)cc2F)n1. The molecule has 1 aromatic heterocycles. The molecule has 1 heterocycles. The Morgan fingerprint density at radius 1 is 1.36 bits per heavy atom. The second kappa shape index (κ2) is 6.99. The van der Waals surface area contributed by atoms with Gasteiger partial charge < -0.3 is 9.47 Å². The quantitative estimate of drug-likeness (QED) is 0.854. The van der Waals surface area contributed by atoms with Crippen molar-refractivity contribution in [3.05, 3.63) is 40.7 Å². The zero-order valence-electron chi connectivity index (χ0n) is 11.9. The predicted octanol–water partition coefficient (Wildman–Crippen LogP) is 2.26. The van der Waals surface area contributed by atoms with Crippen LogP contribution in [0.5, 0.6) is 5.75 Å². The molecule has 0 aliphatic carbocycles. The summed E-state index contributed by atoms with van der Waals surface area (Å²) in [5, 5.41) is 4.38. The number of rotatable bonds is 5. The van der Waals surface area contributed by atoms with E-state index in [0.29, 0.717) is 11.4 Å². The van der Waals surface area contributed by atoms with E-state index >= 15 is 0 Å². The number of methoxy groups -OCH3 is 2. The first-order chi connectivity index (χ1) is 10.5. The van der Waals surface area contributed by atoms with E-state index in [9.17, 15) is 14.0 Å². The highest BCUT2D eigenvalue weighted by molar-refractivity contribution is 7.14. The van der Waals surface area contributed by atoms with Crippen molar-refractivity contribution < 1.29 is 23.5 Å². The normalized spacial score (nSPS) is 10.1. The van der Waals surface area contributed by atoms with Gasteiger partial charge in [0.1, 0.15) is 11.6 Å². The first kappa shape index (κ1) is 15.9. The fraction of sp³-hybridized carbons (Fsp3) is 0.214. The van der Waals surface area contributed by atoms with Crippen molar-refractivity contribution in [3.63, 3.8) is 0 Å². The molecule has 1 amide bonds. The van der Waals surface area contributed by atoms with Crippen LogP contribution in [0.2, 0.25) is 0 Å². The molecule has 22 heavy (non-hydrogen) atoms. The topological polar surface area (TPSA) is 77.5 Å². The number of esters is 1. The fourth-order valence-corrected chi connectivity index (χ4v) is 2.34. The Bertz CT molecular complexity index is 702. The van der Waals surface area contributed by atoms with Crippen LogP contribution in [0.4, 0.5) is 9.52 Å². The van der Waals surface area contributed by atoms with Crippen LogP contribution in [0.1, 0.15) is 16.1 Å². The number of hydrogen-bond acceptors (Lipinski definition) is 6. The summed E-state index contributed by atoms with van der Waals surface area (Å²) in [6, 6.07) is 3.94. The van der Waals surface area contributed by atoms with Gasteiger partial charge in [-0.3, -0.25) is 14.9 Å². The van der Waals surface area contributed by atoms with Crippen LogP contribution >= 0.6 is 11.3 Å². The van der Waals surface area contributed by atoms with E-state index in [0.717, 1.165) is 17.4 Å². The van der Waals surface area contributed by atoms with Gasteiger partial charge in [0.15, 0.2) is 5.13 Å². The number of halogens is 1. The number of carbonyl (C=O) groups excluding carboxylic acids is 2. The molecule has 0 aliphatic rings. The minimum absolute atomic E-state index is 0.0137. The van der Waals surface area contributed by atoms with Gasteiger partial charge in [0.25, 0.3) is 5.91 Å². The summed E-state index contributed by atoms with van der Waals surface area (Å²) in [5.74, 6) is -1.42. The molecule has 8 heteroatoms. The number of aromatic nitrogens is 1. The Hall–Kier alpha value is -2.48. The number of nitrogens with one attached hydrogen (secondary N) is 1. The summed E-state index contributed by atoms with van der Waals surface area (Å²) in [4.78, 5) is 27.2. The van der Waals surface area contributed by atoms with Gasteiger partial charge in [0.05, 0.1) is 31.9 Å². The monoisotopic (exact) mass is 324 g/mol. The number of ether oxygens (including phenoxy) is 2. The Morgan fingerprint density at radius 2 is 2.14 bits per heavy atom. The highest BCUT2D eigenvalue weighted by atomic mass is 32.1. The van der Waals surface area contributed by atoms with E-state index in [2.05, 4.69) is 15.0 Å². The Labute approximate surface area is 129 Å². The largest absolute Gasteiger partial charge is 0.497 e. The molecule has 0 bridgehead atoms. The van der Waals surface area contributed by atoms with E-state index in [-0.39, 0.29) is 17.1 Å². The molecular weight excluding hydrogens is 311 g/mol. The number of anilines is 1. The summed E-state index contributed by atoms with van der Waals surface area (Å²) in [6.07, 6.45) is 0.0137. The highest BCUT2D eigenvalue weighted by Gasteiger charge is 2.15. The van der Waals surface area contributed by atoms with Crippen LogP contribution in [-0.2, 0) is 16.0 Å². The lowest BCUT2D eigenvalue weighted by Crippen LogP contribution is -2.14. The van der Waals surface area contributed by atoms with Crippen molar-refractivity contribution in [1.29, 1.82) is 0 Å². The van der Waals surface area contributed by atoms with Gasteiger partial charge in [0, 0.05) is 11.4 Å². The van der Waals surface area contributed by atoms with E-state index in [1.165, 1.54) is 26.4 Å². The van der Waals surface area contributed by atoms with E-state index in [1.54, 1.807) is 5.38 Å². The fourth-order valence-electron chi connectivity index (χ4n) is 1.64. The van der Waals surface area contributed by atoms with Crippen molar-refractivity contribution >= 4 is 28.3 Å². The molecule has 116 valence electrons. The molecule has 2 rings (SSSR count). The first-order valence-corrected chi connectivity index (χ1v) is 7.07. The molecule has 0 radical (unpaired) electrons. The second-order valence-corrected chi connectivity index (χ2v) is 5.05. The number of thiazole rings is 1. The van der Waals surface area contributed by atoms with Crippen LogP contribution in [0.15, 0.2) is 23.6 Å². The average molecular weight is 324 g/mol. The summed E-state index contributed by atoms with van der Waals surface area (Å²) in [6.45, 7) is 0. The number of nitrogens with zero attached hydrogens (tertiary/aromatic N) is 1. The molecule has 0 saturated carbocycles. The number of carbonyl (C=O) groups is 2. The van der Waals surface area contributed by atoms with Crippen molar-refractivity contribution in [2.45, 2.75) is 6.42 Å². The van der Waals surface area contributed by atoms with Crippen LogP contribution in [-0.4, -0.2) is 31.1 Å². The summed E-state index contributed by atoms with van der Waals surface area (Å²) < 4.78 is 23.2. The lowest BCUT2D eigenvalue weighted by Gasteiger charge is -2.05. The Balaban J connectivity index is 2.07. The molecule has 0 atom stereocenters. The molecule has 2 aromatic rings.